The molecule has 0 radical (unpaired) electrons. The van der Waals surface area contributed by atoms with Gasteiger partial charge in [-0.15, -0.1) is 0 Å². The zero-order chi connectivity index (χ0) is 24.7. The molecular weight excluding hydrogens is 492 g/mol. The van der Waals surface area contributed by atoms with Gasteiger partial charge in [-0.3, -0.25) is 4.90 Å². The summed E-state index contributed by atoms with van der Waals surface area (Å²) in [4.78, 5) is 12.9. The van der Waals surface area contributed by atoms with Crippen LogP contribution in [0.2, 0.25) is 5.02 Å². The molecule has 0 unspecified atom stereocenters. The van der Waals surface area contributed by atoms with E-state index in [4.69, 9.17) is 21.1 Å². The summed E-state index contributed by atoms with van der Waals surface area (Å²) >= 11 is 5.54. The average molecular weight is 503 g/mol. The lowest BCUT2D eigenvalue weighted by Crippen LogP contribution is -2.31. The van der Waals surface area contributed by atoms with Gasteiger partial charge in [0.2, 0.25) is 0 Å². The third-order valence-electron chi connectivity index (χ3n) is 4.35. The van der Waals surface area contributed by atoms with Crippen molar-refractivity contribution in [3.05, 3.63) is 63.8 Å². The number of hydrogen-bond donors (Lipinski definition) is 1. The van der Waals surface area contributed by atoms with Crippen LogP contribution in [0.5, 0.6) is 5.75 Å². The van der Waals surface area contributed by atoms with Gasteiger partial charge in [-0.05, 0) is 18.2 Å². The Bertz CT molecular complexity index is 1130. The molecule has 33 heavy (non-hydrogen) atoms. The van der Waals surface area contributed by atoms with Crippen LogP contribution in [0.25, 0.3) is 5.76 Å². The standard InChI is InChI=1S/C19H11ClF8N2O3/c1-30(14-4-11(20)12(21)5-13(14)22)17(31)33-16-9(15-6-29-7-32-15)2-8(18(23,24)25)3-10(16)19(26,27)28/h2-6,29H,7H2,1H3. The monoisotopic (exact) mass is 502 g/mol. The Balaban J connectivity index is 2.13. The van der Waals surface area contributed by atoms with E-state index in [9.17, 15) is 39.9 Å². The highest BCUT2D eigenvalue weighted by atomic mass is 35.5. The molecule has 0 saturated heterocycles. The Kier molecular flexibility index (Phi) is 6.37. The maximum Gasteiger partial charge on any atom is 0.420 e. The molecule has 0 spiro atoms. The van der Waals surface area contributed by atoms with E-state index in [1.807, 2.05) is 0 Å². The quantitative estimate of drug-likeness (QED) is 0.403. The third-order valence-corrected chi connectivity index (χ3v) is 4.64. The maximum atomic E-state index is 14.1. The largest absolute Gasteiger partial charge is 0.471 e. The van der Waals surface area contributed by atoms with Crippen LogP contribution in [0, 0.1) is 11.6 Å². The lowest BCUT2D eigenvalue weighted by molar-refractivity contribution is -0.143. The van der Waals surface area contributed by atoms with Crippen molar-refractivity contribution in [1.82, 2.24) is 5.32 Å². The number of alkyl halides is 6. The third kappa shape index (κ3) is 5.07. The van der Waals surface area contributed by atoms with Crippen LogP contribution in [-0.2, 0) is 17.1 Å². The molecule has 3 rings (SSSR count). The number of anilines is 1. The molecule has 1 aliphatic heterocycles. The highest BCUT2D eigenvalue weighted by Crippen LogP contribution is 2.45. The number of rotatable bonds is 3. The van der Waals surface area contributed by atoms with Crippen LogP contribution in [-0.4, -0.2) is 19.9 Å². The summed E-state index contributed by atoms with van der Waals surface area (Å²) in [5.41, 5.74) is -5.10. The van der Waals surface area contributed by atoms with Gasteiger partial charge in [-0.25, -0.2) is 13.6 Å². The summed E-state index contributed by atoms with van der Waals surface area (Å²) in [6, 6.07) is 1.09. The Morgan fingerprint density at radius 2 is 1.73 bits per heavy atom. The predicted octanol–water partition coefficient (Wildman–Crippen LogP) is 6.17. The van der Waals surface area contributed by atoms with E-state index < -0.39 is 69.0 Å². The van der Waals surface area contributed by atoms with E-state index in [-0.39, 0.29) is 12.8 Å². The van der Waals surface area contributed by atoms with Gasteiger partial charge < -0.3 is 14.8 Å². The van der Waals surface area contributed by atoms with Gasteiger partial charge in [0.05, 0.1) is 27.4 Å². The molecule has 1 N–H and O–H groups in total. The molecule has 0 saturated carbocycles. The number of nitrogens with one attached hydrogen (secondary N) is 1. The van der Waals surface area contributed by atoms with Gasteiger partial charge in [-0.2, -0.15) is 26.3 Å². The second-order valence-electron chi connectivity index (χ2n) is 6.54. The van der Waals surface area contributed by atoms with Crippen molar-refractivity contribution < 1.29 is 49.4 Å². The summed E-state index contributed by atoms with van der Waals surface area (Å²) in [6.45, 7) is -0.264. The first-order valence-electron chi connectivity index (χ1n) is 8.69. The molecule has 1 aliphatic rings. The van der Waals surface area contributed by atoms with E-state index in [2.05, 4.69) is 5.32 Å². The number of hydrogen-bond acceptors (Lipinski definition) is 4. The summed E-state index contributed by atoms with van der Waals surface area (Å²) < 4.78 is 118. The Hall–Kier alpha value is -3.22. The smallest absolute Gasteiger partial charge is 0.420 e. The van der Waals surface area contributed by atoms with E-state index in [0.29, 0.717) is 23.1 Å². The summed E-state index contributed by atoms with van der Waals surface area (Å²) in [7, 11) is 0.874. The number of halogens is 9. The fourth-order valence-corrected chi connectivity index (χ4v) is 2.93. The van der Waals surface area contributed by atoms with E-state index in [0.717, 1.165) is 13.2 Å². The maximum absolute atomic E-state index is 14.1. The zero-order valence-corrected chi connectivity index (χ0v) is 16.9. The fourth-order valence-electron chi connectivity index (χ4n) is 2.77. The number of ether oxygens (including phenoxy) is 2. The predicted molar refractivity (Wildman–Crippen MR) is 99.3 cm³/mol. The van der Waals surface area contributed by atoms with Gasteiger partial charge in [0.25, 0.3) is 0 Å². The van der Waals surface area contributed by atoms with Crippen LogP contribution < -0.4 is 15.0 Å². The Morgan fingerprint density at radius 1 is 1.06 bits per heavy atom. The topological polar surface area (TPSA) is 50.8 Å². The molecule has 2 aromatic carbocycles. The van der Waals surface area contributed by atoms with Crippen LogP contribution >= 0.6 is 11.6 Å². The molecule has 1 amide bonds. The second kappa shape index (κ2) is 8.61. The van der Waals surface area contributed by atoms with Crippen molar-refractivity contribution in [2.75, 3.05) is 18.7 Å². The first kappa shape index (κ1) is 24.4. The normalized spacial score (nSPS) is 13.8. The fraction of sp³-hybridized carbons (Fsp3) is 0.211. The molecule has 1 heterocycles. The van der Waals surface area contributed by atoms with Gasteiger partial charge in [0.1, 0.15) is 17.4 Å². The SMILES string of the molecule is CN(C(=O)Oc1c(C2=CNCO2)cc(C(F)(F)F)cc1C(F)(F)F)c1cc(Cl)c(F)cc1F. The number of carbonyl (C=O) groups is 1. The minimum atomic E-state index is -5.39. The molecule has 5 nitrogen and oxygen atoms in total. The van der Waals surface area contributed by atoms with Crippen molar-refractivity contribution in [2.45, 2.75) is 12.4 Å². The van der Waals surface area contributed by atoms with Crippen molar-refractivity contribution >= 4 is 29.1 Å². The molecule has 0 aliphatic carbocycles. The van der Waals surface area contributed by atoms with Crippen LogP contribution in [0.3, 0.4) is 0 Å². The van der Waals surface area contributed by atoms with Crippen LogP contribution in [0.1, 0.15) is 16.7 Å². The molecule has 0 atom stereocenters. The summed E-state index contributed by atoms with van der Waals surface area (Å²) in [5, 5.41) is 1.83. The van der Waals surface area contributed by atoms with Crippen molar-refractivity contribution in [3.8, 4) is 5.75 Å². The average Bonchev–Trinajstić information content (AvgIpc) is 3.23. The van der Waals surface area contributed by atoms with Gasteiger partial charge >= 0.3 is 18.4 Å². The summed E-state index contributed by atoms with van der Waals surface area (Å²) in [5.74, 6) is -4.24. The van der Waals surface area contributed by atoms with Crippen molar-refractivity contribution in [2.24, 2.45) is 0 Å². The number of amides is 1. The van der Waals surface area contributed by atoms with Gasteiger partial charge in [-0.1, -0.05) is 11.6 Å². The first-order valence-corrected chi connectivity index (χ1v) is 9.07. The first-order chi connectivity index (χ1) is 15.2. The second-order valence-corrected chi connectivity index (χ2v) is 6.95. The van der Waals surface area contributed by atoms with E-state index in [1.165, 1.54) is 0 Å². The molecule has 2 aromatic rings. The zero-order valence-electron chi connectivity index (χ0n) is 16.2. The Morgan fingerprint density at radius 3 is 2.27 bits per heavy atom. The van der Waals surface area contributed by atoms with Crippen LogP contribution in [0.4, 0.5) is 45.6 Å². The highest BCUT2D eigenvalue weighted by Gasteiger charge is 2.42. The molecule has 0 aromatic heterocycles. The molecular formula is C19H11ClF8N2O3. The van der Waals surface area contributed by atoms with Crippen molar-refractivity contribution in [1.29, 1.82) is 0 Å². The minimum Gasteiger partial charge on any atom is -0.471 e. The number of nitrogens with zero attached hydrogens (tertiary/aromatic N) is 1. The van der Waals surface area contributed by atoms with Gasteiger partial charge in [0.15, 0.2) is 12.5 Å². The summed E-state index contributed by atoms with van der Waals surface area (Å²) in [6.07, 6.45) is -11.2. The Labute approximate surface area is 185 Å². The lowest BCUT2D eigenvalue weighted by Gasteiger charge is -2.22. The lowest BCUT2D eigenvalue weighted by atomic mass is 10.0. The highest BCUT2D eigenvalue weighted by molar-refractivity contribution is 6.31. The van der Waals surface area contributed by atoms with Crippen molar-refractivity contribution in [3.63, 3.8) is 0 Å². The minimum absolute atomic E-state index is 0.232. The molecule has 0 bridgehead atoms. The van der Waals surface area contributed by atoms with Crippen LogP contribution in [0.15, 0.2) is 30.5 Å². The number of benzene rings is 2. The number of carbonyl (C=O) groups excluding carboxylic acids is 1. The molecule has 14 heteroatoms. The van der Waals surface area contributed by atoms with E-state index in [1.54, 1.807) is 0 Å². The molecule has 178 valence electrons. The van der Waals surface area contributed by atoms with E-state index >= 15 is 0 Å². The molecule has 0 fully saturated rings. The van der Waals surface area contributed by atoms with Gasteiger partial charge in [0, 0.05) is 19.3 Å².